The number of aliphatic hydroxyl groups is 1. The number of aliphatic hydroxyl groups excluding tert-OH is 1. The van der Waals surface area contributed by atoms with Gasteiger partial charge in [-0.25, -0.2) is 0 Å². The summed E-state index contributed by atoms with van der Waals surface area (Å²) in [6.07, 6.45) is 0. The van der Waals surface area contributed by atoms with Gasteiger partial charge in [-0.1, -0.05) is 5.16 Å². The van der Waals surface area contributed by atoms with Crippen molar-refractivity contribution in [2.45, 2.75) is 0 Å². The number of nitrogens with two attached hydrogens (primary N) is 1. The lowest BCUT2D eigenvalue weighted by Gasteiger charge is -2.18. The fourth-order valence-electron chi connectivity index (χ4n) is 1.28. The highest BCUT2D eigenvalue weighted by atomic mass is 79.9. The molecule has 4 N–H and O–H groups in total. The van der Waals surface area contributed by atoms with Crippen LogP contribution in [0.25, 0.3) is 0 Å². The molecule has 0 unspecified atom stereocenters. The van der Waals surface area contributed by atoms with Gasteiger partial charge in [0, 0.05) is 29.3 Å². The summed E-state index contributed by atoms with van der Waals surface area (Å²) >= 11 is 3.35. The Morgan fingerprint density at radius 2 is 2.25 bits per heavy atom. The van der Waals surface area contributed by atoms with Crippen molar-refractivity contribution >= 4 is 27.5 Å². The van der Waals surface area contributed by atoms with Crippen LogP contribution in [0.15, 0.2) is 27.8 Å². The van der Waals surface area contributed by atoms with Crippen LogP contribution >= 0.6 is 15.9 Å². The summed E-state index contributed by atoms with van der Waals surface area (Å²) in [6, 6.07) is 5.44. The van der Waals surface area contributed by atoms with Crippen LogP contribution in [0.3, 0.4) is 0 Å². The molecule has 0 radical (unpaired) electrons. The summed E-state index contributed by atoms with van der Waals surface area (Å²) in [5.74, 6) is 0.0586. The highest BCUT2D eigenvalue weighted by molar-refractivity contribution is 9.10. The van der Waals surface area contributed by atoms with Crippen LogP contribution in [0.2, 0.25) is 0 Å². The monoisotopic (exact) mass is 287 g/mol. The maximum absolute atomic E-state index is 8.82. The molecular formula is C10H14BrN3O2. The molecule has 0 aliphatic heterocycles. The molecule has 0 atom stereocenters. The smallest absolute Gasteiger partial charge is 0.171 e. The van der Waals surface area contributed by atoms with E-state index in [0.29, 0.717) is 12.1 Å². The Balaban J connectivity index is 2.99. The molecule has 0 bridgehead atoms. The zero-order chi connectivity index (χ0) is 12.1. The Labute approximate surface area is 102 Å². The van der Waals surface area contributed by atoms with E-state index in [1.807, 2.05) is 24.1 Å². The molecule has 1 aromatic carbocycles. The standard InChI is InChI=1S/C10H14BrN3O2/c1-14(4-5-15)7-2-3-8(9(11)6-7)10(12)13-16/h2-3,6,15-16H,4-5H2,1H3,(H2,12,13). The van der Waals surface area contributed by atoms with E-state index in [1.165, 1.54) is 0 Å². The SMILES string of the molecule is CN(CCO)c1ccc(/C(N)=N/O)c(Br)c1. The van der Waals surface area contributed by atoms with Gasteiger partial charge in [-0.3, -0.25) is 0 Å². The van der Waals surface area contributed by atoms with Crippen LogP contribution < -0.4 is 10.6 Å². The Kier molecular flexibility index (Phi) is 4.57. The van der Waals surface area contributed by atoms with Crippen LogP contribution in [0.4, 0.5) is 5.69 Å². The average Bonchev–Trinajstić information content (AvgIpc) is 2.28. The number of likely N-dealkylation sites (N-methyl/N-ethyl adjacent to an activating group) is 1. The molecule has 5 nitrogen and oxygen atoms in total. The summed E-state index contributed by atoms with van der Waals surface area (Å²) in [6.45, 7) is 0.644. The molecule has 0 aliphatic rings. The van der Waals surface area contributed by atoms with E-state index in [4.69, 9.17) is 16.0 Å². The molecule has 0 heterocycles. The lowest BCUT2D eigenvalue weighted by molar-refractivity contribution is 0.304. The van der Waals surface area contributed by atoms with Crippen molar-refractivity contribution in [1.29, 1.82) is 0 Å². The molecule has 1 aromatic rings. The maximum atomic E-state index is 8.82. The van der Waals surface area contributed by atoms with Crippen molar-refractivity contribution in [2.75, 3.05) is 25.1 Å². The molecule has 1 rings (SSSR count). The van der Waals surface area contributed by atoms with Gasteiger partial charge in [0.1, 0.15) is 0 Å². The second-order valence-electron chi connectivity index (χ2n) is 3.29. The second-order valence-corrected chi connectivity index (χ2v) is 4.15. The first-order valence-corrected chi connectivity index (χ1v) is 5.49. The number of rotatable bonds is 4. The number of hydrogen-bond acceptors (Lipinski definition) is 4. The van der Waals surface area contributed by atoms with E-state index in [9.17, 15) is 0 Å². The largest absolute Gasteiger partial charge is 0.409 e. The van der Waals surface area contributed by atoms with Crippen molar-refractivity contribution in [1.82, 2.24) is 0 Å². The summed E-state index contributed by atoms with van der Waals surface area (Å²) < 4.78 is 0.741. The number of benzene rings is 1. The minimum atomic E-state index is 0.0586. The van der Waals surface area contributed by atoms with Gasteiger partial charge in [-0.05, 0) is 34.1 Å². The van der Waals surface area contributed by atoms with Gasteiger partial charge >= 0.3 is 0 Å². The first-order valence-electron chi connectivity index (χ1n) is 4.69. The molecule has 6 heteroatoms. The lowest BCUT2D eigenvalue weighted by atomic mass is 10.2. The highest BCUT2D eigenvalue weighted by Gasteiger charge is 2.07. The van der Waals surface area contributed by atoms with E-state index in [1.54, 1.807) is 6.07 Å². The summed E-state index contributed by atoms with van der Waals surface area (Å²) in [7, 11) is 1.88. The van der Waals surface area contributed by atoms with Gasteiger partial charge in [-0.2, -0.15) is 0 Å². The predicted octanol–water partition coefficient (Wildman–Crippen LogP) is 0.972. The summed E-state index contributed by atoms with van der Waals surface area (Å²) in [5, 5.41) is 20.3. The van der Waals surface area contributed by atoms with Crippen molar-refractivity contribution in [3.8, 4) is 0 Å². The summed E-state index contributed by atoms with van der Waals surface area (Å²) in [5.41, 5.74) is 7.06. The lowest BCUT2D eigenvalue weighted by Crippen LogP contribution is -2.21. The van der Waals surface area contributed by atoms with E-state index in [0.717, 1.165) is 10.2 Å². The first kappa shape index (κ1) is 12.8. The first-order chi connectivity index (χ1) is 7.60. The highest BCUT2D eigenvalue weighted by Crippen LogP contribution is 2.23. The topological polar surface area (TPSA) is 82.1 Å². The zero-order valence-corrected chi connectivity index (χ0v) is 10.5. The molecule has 0 saturated heterocycles. The third-order valence-electron chi connectivity index (χ3n) is 2.21. The number of nitrogens with zero attached hydrogens (tertiary/aromatic N) is 2. The van der Waals surface area contributed by atoms with E-state index in [2.05, 4.69) is 21.1 Å². The van der Waals surface area contributed by atoms with Gasteiger partial charge in [0.15, 0.2) is 5.84 Å². The Bertz CT molecular complexity index is 396. The fraction of sp³-hybridized carbons (Fsp3) is 0.300. The van der Waals surface area contributed by atoms with Crippen LogP contribution in [0.5, 0.6) is 0 Å². The second kappa shape index (κ2) is 5.72. The Morgan fingerprint density at radius 1 is 1.56 bits per heavy atom. The molecule has 0 saturated carbocycles. The third-order valence-corrected chi connectivity index (χ3v) is 2.87. The molecule has 16 heavy (non-hydrogen) atoms. The normalized spacial score (nSPS) is 11.6. The van der Waals surface area contributed by atoms with Gasteiger partial charge in [0.2, 0.25) is 0 Å². The quantitative estimate of drug-likeness (QED) is 0.334. The summed E-state index contributed by atoms with van der Waals surface area (Å²) in [4.78, 5) is 1.90. The van der Waals surface area contributed by atoms with Crippen molar-refractivity contribution in [2.24, 2.45) is 10.9 Å². The van der Waals surface area contributed by atoms with Crippen LogP contribution in [-0.4, -0.2) is 36.3 Å². The van der Waals surface area contributed by atoms with Gasteiger partial charge in [-0.15, -0.1) is 0 Å². The van der Waals surface area contributed by atoms with Crippen LogP contribution in [0.1, 0.15) is 5.56 Å². The number of anilines is 1. The minimum Gasteiger partial charge on any atom is -0.409 e. The Hall–Kier alpha value is -1.27. The van der Waals surface area contributed by atoms with Crippen molar-refractivity contribution < 1.29 is 10.3 Å². The molecule has 0 spiro atoms. The van der Waals surface area contributed by atoms with E-state index < -0.39 is 0 Å². The van der Waals surface area contributed by atoms with Crippen molar-refractivity contribution in [3.05, 3.63) is 28.2 Å². The Morgan fingerprint density at radius 3 is 2.75 bits per heavy atom. The molecule has 0 fully saturated rings. The third kappa shape index (κ3) is 2.86. The van der Waals surface area contributed by atoms with Gasteiger partial charge < -0.3 is 20.9 Å². The van der Waals surface area contributed by atoms with Crippen LogP contribution in [-0.2, 0) is 0 Å². The number of amidine groups is 1. The van der Waals surface area contributed by atoms with Crippen molar-refractivity contribution in [3.63, 3.8) is 0 Å². The predicted molar refractivity (Wildman–Crippen MR) is 67.0 cm³/mol. The van der Waals surface area contributed by atoms with E-state index in [-0.39, 0.29) is 12.4 Å². The number of halogens is 1. The van der Waals surface area contributed by atoms with E-state index >= 15 is 0 Å². The zero-order valence-electron chi connectivity index (χ0n) is 8.89. The molecule has 0 amide bonds. The van der Waals surface area contributed by atoms with Crippen LogP contribution in [0, 0.1) is 0 Å². The minimum absolute atomic E-state index is 0.0586. The van der Waals surface area contributed by atoms with Gasteiger partial charge in [0.25, 0.3) is 0 Å². The molecular weight excluding hydrogens is 274 g/mol. The maximum Gasteiger partial charge on any atom is 0.171 e. The molecule has 0 aliphatic carbocycles. The fourth-order valence-corrected chi connectivity index (χ4v) is 1.85. The number of oxime groups is 1. The molecule has 0 aromatic heterocycles. The molecule has 88 valence electrons. The number of hydrogen-bond donors (Lipinski definition) is 3. The van der Waals surface area contributed by atoms with Gasteiger partial charge in [0.05, 0.1) is 6.61 Å². The average molecular weight is 288 g/mol.